The smallest absolute Gasteiger partial charge is 0.311 e. The Morgan fingerprint density at radius 3 is 2.33 bits per heavy atom. The maximum absolute atomic E-state index is 11.9. The quantitative estimate of drug-likeness (QED) is 0.667. The van der Waals surface area contributed by atoms with E-state index in [0.29, 0.717) is 26.1 Å². The topological polar surface area (TPSA) is 105 Å². The minimum atomic E-state index is -0.984. The van der Waals surface area contributed by atoms with Gasteiger partial charge in [-0.2, -0.15) is 0 Å². The van der Waals surface area contributed by atoms with Crippen molar-refractivity contribution in [2.75, 3.05) is 26.3 Å². The summed E-state index contributed by atoms with van der Waals surface area (Å²) in [7, 11) is 0. The van der Waals surface area contributed by atoms with Gasteiger partial charge in [-0.05, 0) is 18.4 Å². The van der Waals surface area contributed by atoms with Crippen molar-refractivity contribution in [3.63, 3.8) is 0 Å². The first-order valence-corrected chi connectivity index (χ1v) is 7.90. The fraction of sp³-hybridized carbons (Fsp3) is 0.471. The molecule has 7 nitrogen and oxygen atoms in total. The molecule has 0 unspecified atom stereocenters. The van der Waals surface area contributed by atoms with Crippen molar-refractivity contribution >= 4 is 17.8 Å². The van der Waals surface area contributed by atoms with Crippen LogP contribution in [0.2, 0.25) is 0 Å². The van der Waals surface area contributed by atoms with Crippen LogP contribution >= 0.6 is 0 Å². The standard InChI is InChI=1S/C17H22N2O5/c20-14(10-13-4-2-1-3-5-13)18-11-15(21)19-12-17(16(22)23)6-8-24-9-7-17/h1-5H,6-12H2,(H,18,20)(H,19,21)(H,22,23). The molecule has 0 spiro atoms. The number of hydrogen-bond donors (Lipinski definition) is 3. The van der Waals surface area contributed by atoms with Crippen LogP contribution in [-0.4, -0.2) is 49.2 Å². The van der Waals surface area contributed by atoms with E-state index in [1.54, 1.807) is 0 Å². The molecule has 0 saturated carbocycles. The van der Waals surface area contributed by atoms with E-state index in [1.165, 1.54) is 0 Å². The van der Waals surface area contributed by atoms with E-state index < -0.39 is 17.3 Å². The second-order valence-corrected chi connectivity index (χ2v) is 5.91. The van der Waals surface area contributed by atoms with Gasteiger partial charge in [0.05, 0.1) is 18.4 Å². The van der Waals surface area contributed by atoms with Gasteiger partial charge in [0.2, 0.25) is 11.8 Å². The maximum Gasteiger partial charge on any atom is 0.311 e. The third-order valence-electron chi connectivity index (χ3n) is 4.18. The Morgan fingerprint density at radius 2 is 1.71 bits per heavy atom. The first-order valence-electron chi connectivity index (χ1n) is 7.90. The Balaban J connectivity index is 1.74. The number of carbonyl (C=O) groups is 3. The molecule has 1 aromatic rings. The molecule has 2 rings (SSSR count). The van der Waals surface area contributed by atoms with Crippen LogP contribution in [0.25, 0.3) is 0 Å². The van der Waals surface area contributed by atoms with Gasteiger partial charge in [0.15, 0.2) is 0 Å². The summed E-state index contributed by atoms with van der Waals surface area (Å²) in [5.41, 5.74) is -0.121. The fourth-order valence-corrected chi connectivity index (χ4v) is 2.58. The molecule has 1 aliphatic rings. The molecule has 0 atom stereocenters. The Labute approximate surface area is 140 Å². The number of benzene rings is 1. The van der Waals surface area contributed by atoms with Crippen LogP contribution in [0.3, 0.4) is 0 Å². The molecule has 0 aliphatic carbocycles. The summed E-state index contributed by atoms with van der Waals surface area (Å²) < 4.78 is 5.18. The summed E-state index contributed by atoms with van der Waals surface area (Å²) in [5.74, 6) is -1.59. The molecule has 1 fully saturated rings. The number of amides is 2. The van der Waals surface area contributed by atoms with Gasteiger partial charge < -0.3 is 20.5 Å². The van der Waals surface area contributed by atoms with Crippen molar-refractivity contribution < 1.29 is 24.2 Å². The predicted molar refractivity (Wildman–Crippen MR) is 86.3 cm³/mol. The SMILES string of the molecule is O=C(CNC(=O)Cc1ccccc1)NCC1(C(=O)O)CCOCC1. The average molecular weight is 334 g/mol. The largest absolute Gasteiger partial charge is 0.481 e. The highest BCUT2D eigenvalue weighted by Gasteiger charge is 2.40. The highest BCUT2D eigenvalue weighted by atomic mass is 16.5. The van der Waals surface area contributed by atoms with Gasteiger partial charge >= 0.3 is 5.97 Å². The van der Waals surface area contributed by atoms with E-state index in [1.807, 2.05) is 30.3 Å². The molecule has 2 amide bonds. The third-order valence-corrected chi connectivity index (χ3v) is 4.18. The average Bonchev–Trinajstić information content (AvgIpc) is 2.60. The number of hydrogen-bond acceptors (Lipinski definition) is 4. The highest BCUT2D eigenvalue weighted by Crippen LogP contribution is 2.29. The van der Waals surface area contributed by atoms with Gasteiger partial charge in [-0.3, -0.25) is 14.4 Å². The molecular formula is C17H22N2O5. The first-order chi connectivity index (χ1) is 11.5. The molecule has 0 radical (unpaired) electrons. The van der Waals surface area contributed by atoms with Crippen LogP contribution in [0.5, 0.6) is 0 Å². The zero-order valence-corrected chi connectivity index (χ0v) is 13.4. The van der Waals surface area contributed by atoms with Gasteiger partial charge in [0.1, 0.15) is 0 Å². The Kier molecular flexibility index (Phi) is 6.31. The van der Waals surface area contributed by atoms with Gasteiger partial charge in [-0.15, -0.1) is 0 Å². The molecule has 1 heterocycles. The van der Waals surface area contributed by atoms with E-state index in [-0.39, 0.29) is 25.4 Å². The third kappa shape index (κ3) is 5.06. The number of nitrogens with one attached hydrogen (secondary N) is 2. The number of carboxylic acids is 1. The lowest BCUT2D eigenvalue weighted by atomic mass is 9.80. The molecule has 24 heavy (non-hydrogen) atoms. The minimum Gasteiger partial charge on any atom is -0.481 e. The normalized spacial score (nSPS) is 16.2. The van der Waals surface area contributed by atoms with Crippen LogP contribution in [0, 0.1) is 5.41 Å². The zero-order valence-electron chi connectivity index (χ0n) is 13.4. The lowest BCUT2D eigenvalue weighted by Crippen LogP contribution is -2.48. The van der Waals surface area contributed by atoms with Crippen LogP contribution in [0.4, 0.5) is 0 Å². The zero-order chi connectivity index (χ0) is 17.4. The molecule has 0 bridgehead atoms. The van der Waals surface area contributed by atoms with Crippen LogP contribution in [0.1, 0.15) is 18.4 Å². The maximum atomic E-state index is 11.9. The molecule has 1 saturated heterocycles. The Morgan fingerprint density at radius 1 is 1.04 bits per heavy atom. The van der Waals surface area contributed by atoms with E-state index in [2.05, 4.69) is 10.6 Å². The predicted octanol–water partition coefficient (Wildman–Crippen LogP) is 0.343. The lowest BCUT2D eigenvalue weighted by Gasteiger charge is -2.33. The van der Waals surface area contributed by atoms with Crippen molar-refractivity contribution in [3.8, 4) is 0 Å². The van der Waals surface area contributed by atoms with E-state index in [0.717, 1.165) is 5.56 Å². The number of carbonyl (C=O) groups excluding carboxylic acids is 2. The Hall–Kier alpha value is -2.41. The van der Waals surface area contributed by atoms with Crippen molar-refractivity contribution in [2.45, 2.75) is 19.3 Å². The summed E-state index contributed by atoms with van der Waals surface area (Å²) in [4.78, 5) is 35.1. The van der Waals surface area contributed by atoms with Crippen molar-refractivity contribution in [2.24, 2.45) is 5.41 Å². The highest BCUT2D eigenvalue weighted by molar-refractivity contribution is 5.86. The van der Waals surface area contributed by atoms with Crippen LogP contribution in [0.15, 0.2) is 30.3 Å². The summed E-state index contributed by atoms with van der Waals surface area (Å²) in [6, 6.07) is 9.22. The number of aliphatic carboxylic acids is 1. The van der Waals surface area contributed by atoms with Gasteiger partial charge in [0, 0.05) is 19.8 Å². The second-order valence-electron chi connectivity index (χ2n) is 5.91. The van der Waals surface area contributed by atoms with Gasteiger partial charge in [-0.1, -0.05) is 30.3 Å². The first kappa shape index (κ1) is 17.9. The van der Waals surface area contributed by atoms with E-state index in [9.17, 15) is 19.5 Å². The molecule has 1 aromatic carbocycles. The summed E-state index contributed by atoms with van der Waals surface area (Å²) in [6.45, 7) is 0.614. The molecule has 130 valence electrons. The summed E-state index contributed by atoms with van der Waals surface area (Å²) in [6.07, 6.45) is 0.927. The number of carboxylic acid groups (broad SMARTS) is 1. The van der Waals surface area contributed by atoms with Crippen LogP contribution in [-0.2, 0) is 25.5 Å². The minimum absolute atomic E-state index is 0.0408. The fourth-order valence-electron chi connectivity index (χ4n) is 2.58. The lowest BCUT2D eigenvalue weighted by molar-refractivity contribution is -0.154. The number of rotatable bonds is 7. The summed E-state index contributed by atoms with van der Waals surface area (Å²) in [5, 5.41) is 14.5. The van der Waals surface area contributed by atoms with E-state index >= 15 is 0 Å². The molecule has 3 N–H and O–H groups in total. The molecular weight excluding hydrogens is 312 g/mol. The van der Waals surface area contributed by atoms with Crippen molar-refractivity contribution in [3.05, 3.63) is 35.9 Å². The van der Waals surface area contributed by atoms with Gasteiger partial charge in [0.25, 0.3) is 0 Å². The van der Waals surface area contributed by atoms with Crippen LogP contribution < -0.4 is 10.6 Å². The second kappa shape index (κ2) is 8.44. The monoisotopic (exact) mass is 334 g/mol. The van der Waals surface area contributed by atoms with Crippen molar-refractivity contribution in [1.82, 2.24) is 10.6 Å². The molecule has 7 heteroatoms. The summed E-state index contributed by atoms with van der Waals surface area (Å²) >= 11 is 0. The molecule has 0 aromatic heterocycles. The van der Waals surface area contributed by atoms with E-state index in [4.69, 9.17) is 4.74 Å². The molecule has 1 aliphatic heterocycles. The van der Waals surface area contributed by atoms with Crippen molar-refractivity contribution in [1.29, 1.82) is 0 Å². The van der Waals surface area contributed by atoms with Gasteiger partial charge in [-0.25, -0.2) is 0 Å². The Bertz CT molecular complexity index is 582. The number of ether oxygens (including phenoxy) is 1.